The third kappa shape index (κ3) is 1.94. The zero-order valence-electron chi connectivity index (χ0n) is 7.96. The molecule has 1 aliphatic heterocycles. The average Bonchev–Trinajstić information content (AvgIpc) is 2.38. The normalized spacial score (nSPS) is 21.4. The van der Waals surface area contributed by atoms with Gasteiger partial charge in [-0.1, -0.05) is 6.07 Å². The number of hydrogen-bond acceptors (Lipinski definition) is 2. The Hall–Kier alpha value is -0.930. The molecule has 1 aliphatic rings. The maximum atomic E-state index is 13.0. The van der Waals surface area contributed by atoms with Crippen LogP contribution in [0.5, 0.6) is 0 Å². The van der Waals surface area contributed by atoms with E-state index in [0.29, 0.717) is 6.42 Å². The molecule has 1 aromatic carbocycles. The van der Waals surface area contributed by atoms with Gasteiger partial charge in [-0.25, -0.2) is 4.39 Å². The van der Waals surface area contributed by atoms with Crippen molar-refractivity contribution in [3.63, 3.8) is 0 Å². The summed E-state index contributed by atoms with van der Waals surface area (Å²) < 4.78 is 13.0. The summed E-state index contributed by atoms with van der Waals surface area (Å²) in [6.45, 7) is 0.958. The average molecular weight is 195 g/mol. The number of nitrogens with one attached hydrogen (secondary N) is 1. The summed E-state index contributed by atoms with van der Waals surface area (Å²) >= 11 is 0. The molecular formula is C11H14FNO. The second-order valence-electron chi connectivity index (χ2n) is 3.70. The van der Waals surface area contributed by atoms with Crippen LogP contribution in [-0.2, 0) is 12.8 Å². The van der Waals surface area contributed by atoms with Crippen molar-refractivity contribution >= 4 is 0 Å². The maximum Gasteiger partial charge on any atom is 0.123 e. The molecule has 1 unspecified atom stereocenters. The van der Waals surface area contributed by atoms with Gasteiger partial charge in [-0.05, 0) is 42.6 Å². The monoisotopic (exact) mass is 195 g/mol. The molecule has 1 heterocycles. The molecule has 2 nitrogen and oxygen atoms in total. The zero-order chi connectivity index (χ0) is 9.97. The summed E-state index contributed by atoms with van der Waals surface area (Å²) in [5, 5.41) is 12.3. The quantitative estimate of drug-likeness (QED) is 0.697. The molecule has 76 valence electrons. The molecule has 3 heteroatoms. The predicted octanol–water partition coefficient (Wildman–Crippen LogP) is 0.875. The largest absolute Gasteiger partial charge is 0.395 e. The van der Waals surface area contributed by atoms with Crippen LogP contribution in [0.4, 0.5) is 4.39 Å². The number of aliphatic hydroxyl groups excluding tert-OH is 1. The fraction of sp³-hybridized carbons (Fsp3) is 0.455. The van der Waals surface area contributed by atoms with Gasteiger partial charge in [-0.2, -0.15) is 0 Å². The van der Waals surface area contributed by atoms with Crippen LogP contribution >= 0.6 is 0 Å². The Kier molecular flexibility index (Phi) is 2.79. The van der Waals surface area contributed by atoms with Gasteiger partial charge in [-0.15, -0.1) is 0 Å². The van der Waals surface area contributed by atoms with Crippen molar-refractivity contribution < 1.29 is 9.50 Å². The highest BCUT2D eigenvalue weighted by atomic mass is 19.1. The van der Waals surface area contributed by atoms with Crippen LogP contribution in [-0.4, -0.2) is 24.3 Å². The number of aliphatic hydroxyl groups is 1. The highest BCUT2D eigenvalue weighted by molar-refractivity contribution is 5.30. The molecule has 0 spiro atoms. The van der Waals surface area contributed by atoms with E-state index in [1.54, 1.807) is 6.07 Å². The van der Waals surface area contributed by atoms with Crippen molar-refractivity contribution in [1.29, 1.82) is 0 Å². The molecule has 0 amide bonds. The van der Waals surface area contributed by atoms with Crippen LogP contribution in [0, 0.1) is 5.82 Å². The van der Waals surface area contributed by atoms with Gasteiger partial charge in [0.05, 0.1) is 6.61 Å². The van der Waals surface area contributed by atoms with Crippen LogP contribution < -0.4 is 5.32 Å². The standard InChI is InChI=1S/C11H14FNO/c12-10-2-1-8-3-4-13-11(7-14)6-9(8)5-10/h1-2,5,11,13-14H,3-4,6-7H2. The number of rotatable bonds is 1. The van der Waals surface area contributed by atoms with Crippen molar-refractivity contribution in [1.82, 2.24) is 5.32 Å². The molecule has 2 N–H and O–H groups in total. The van der Waals surface area contributed by atoms with Crippen LogP contribution in [0.3, 0.4) is 0 Å². The minimum absolute atomic E-state index is 0.0676. The molecule has 0 aromatic heterocycles. The molecule has 0 saturated heterocycles. The molecular weight excluding hydrogens is 181 g/mol. The lowest BCUT2D eigenvalue weighted by molar-refractivity contribution is 0.244. The van der Waals surface area contributed by atoms with Gasteiger partial charge in [0.15, 0.2) is 0 Å². The second-order valence-corrected chi connectivity index (χ2v) is 3.70. The van der Waals surface area contributed by atoms with Gasteiger partial charge in [0, 0.05) is 6.04 Å². The predicted molar refractivity (Wildman–Crippen MR) is 52.7 cm³/mol. The van der Waals surface area contributed by atoms with Crippen molar-refractivity contribution in [2.45, 2.75) is 18.9 Å². The Morgan fingerprint density at radius 2 is 2.29 bits per heavy atom. The second kappa shape index (κ2) is 4.07. The van der Waals surface area contributed by atoms with E-state index in [-0.39, 0.29) is 18.5 Å². The summed E-state index contributed by atoms with van der Waals surface area (Å²) in [4.78, 5) is 0. The first-order valence-corrected chi connectivity index (χ1v) is 4.91. The zero-order valence-corrected chi connectivity index (χ0v) is 7.96. The Labute approximate surface area is 82.8 Å². The first-order chi connectivity index (χ1) is 6.79. The Bertz CT molecular complexity index is 327. The van der Waals surface area contributed by atoms with Crippen molar-refractivity contribution in [2.24, 2.45) is 0 Å². The summed E-state index contributed by atoms with van der Waals surface area (Å²) in [5.74, 6) is -0.192. The third-order valence-corrected chi connectivity index (χ3v) is 2.68. The van der Waals surface area contributed by atoms with Crippen molar-refractivity contribution in [3.8, 4) is 0 Å². The lowest BCUT2D eigenvalue weighted by Gasteiger charge is -2.12. The van der Waals surface area contributed by atoms with E-state index < -0.39 is 0 Å². The maximum absolute atomic E-state index is 13.0. The van der Waals surface area contributed by atoms with E-state index in [4.69, 9.17) is 5.11 Å². The highest BCUT2D eigenvalue weighted by Gasteiger charge is 2.15. The topological polar surface area (TPSA) is 32.3 Å². The van der Waals surface area contributed by atoms with Gasteiger partial charge in [0.25, 0.3) is 0 Å². The molecule has 14 heavy (non-hydrogen) atoms. The Balaban J connectivity index is 2.28. The van der Waals surface area contributed by atoms with E-state index in [1.165, 1.54) is 11.6 Å². The summed E-state index contributed by atoms with van der Waals surface area (Å²) in [6, 6.07) is 4.98. The number of halogens is 1. The Morgan fingerprint density at radius 3 is 3.07 bits per heavy atom. The molecule has 1 atom stereocenters. The van der Waals surface area contributed by atoms with Gasteiger partial charge in [0.1, 0.15) is 5.82 Å². The van der Waals surface area contributed by atoms with Crippen LogP contribution in [0.1, 0.15) is 11.1 Å². The van der Waals surface area contributed by atoms with E-state index in [2.05, 4.69) is 5.32 Å². The third-order valence-electron chi connectivity index (χ3n) is 2.68. The van der Waals surface area contributed by atoms with E-state index in [0.717, 1.165) is 18.5 Å². The van der Waals surface area contributed by atoms with Crippen molar-refractivity contribution in [2.75, 3.05) is 13.2 Å². The van der Waals surface area contributed by atoms with E-state index in [1.807, 2.05) is 6.07 Å². The van der Waals surface area contributed by atoms with Gasteiger partial charge >= 0.3 is 0 Å². The molecule has 0 aliphatic carbocycles. The number of benzene rings is 1. The molecule has 0 bridgehead atoms. The lowest BCUT2D eigenvalue weighted by atomic mass is 10.0. The smallest absolute Gasteiger partial charge is 0.123 e. The van der Waals surface area contributed by atoms with Gasteiger partial charge < -0.3 is 10.4 Å². The number of hydrogen-bond donors (Lipinski definition) is 2. The van der Waals surface area contributed by atoms with Crippen molar-refractivity contribution in [3.05, 3.63) is 35.1 Å². The molecule has 0 saturated carbocycles. The van der Waals surface area contributed by atoms with Crippen LogP contribution in [0.25, 0.3) is 0 Å². The molecule has 1 aromatic rings. The van der Waals surface area contributed by atoms with Crippen LogP contribution in [0.15, 0.2) is 18.2 Å². The first-order valence-electron chi connectivity index (χ1n) is 4.91. The van der Waals surface area contributed by atoms with E-state index in [9.17, 15) is 4.39 Å². The fourth-order valence-electron chi connectivity index (χ4n) is 1.91. The minimum Gasteiger partial charge on any atom is -0.395 e. The van der Waals surface area contributed by atoms with Gasteiger partial charge in [0.2, 0.25) is 0 Å². The lowest BCUT2D eigenvalue weighted by Crippen LogP contribution is -2.33. The minimum atomic E-state index is -0.192. The highest BCUT2D eigenvalue weighted by Crippen LogP contribution is 2.16. The first kappa shape index (κ1) is 9.62. The summed E-state index contributed by atoms with van der Waals surface area (Å²) in [5.41, 5.74) is 2.21. The molecule has 0 fully saturated rings. The fourth-order valence-corrected chi connectivity index (χ4v) is 1.91. The molecule has 0 radical (unpaired) electrons. The SMILES string of the molecule is OCC1Cc2cc(F)ccc2CCN1. The number of fused-ring (bicyclic) bond motifs is 1. The summed E-state index contributed by atoms with van der Waals surface area (Å²) in [6.07, 6.45) is 1.62. The van der Waals surface area contributed by atoms with Crippen LogP contribution in [0.2, 0.25) is 0 Å². The Morgan fingerprint density at radius 1 is 1.43 bits per heavy atom. The molecule has 2 rings (SSSR count). The van der Waals surface area contributed by atoms with Gasteiger partial charge in [-0.3, -0.25) is 0 Å². The summed E-state index contributed by atoms with van der Waals surface area (Å²) in [7, 11) is 0. The van der Waals surface area contributed by atoms with E-state index >= 15 is 0 Å².